The van der Waals surface area contributed by atoms with E-state index in [0.717, 1.165) is 25.9 Å². The van der Waals surface area contributed by atoms with Crippen LogP contribution in [0, 0.1) is 0 Å². The molecular formula is C13H16ClNO. The van der Waals surface area contributed by atoms with E-state index in [2.05, 4.69) is 24.3 Å². The lowest BCUT2D eigenvalue weighted by Crippen LogP contribution is -2.39. The maximum atomic E-state index is 11.5. The molecule has 86 valence electrons. The summed E-state index contributed by atoms with van der Waals surface area (Å²) in [5.41, 5.74) is 1.33. The highest BCUT2D eigenvalue weighted by Gasteiger charge is 2.23. The molecule has 1 aromatic carbocycles. The molecule has 3 heteroatoms. The van der Waals surface area contributed by atoms with Gasteiger partial charge >= 0.3 is 0 Å². The lowest BCUT2D eigenvalue weighted by Gasteiger charge is -2.32. The van der Waals surface area contributed by atoms with Crippen LogP contribution < -0.4 is 0 Å². The summed E-state index contributed by atoms with van der Waals surface area (Å²) in [7, 11) is 0. The summed E-state index contributed by atoms with van der Waals surface area (Å²) in [6, 6.07) is 10.4. The van der Waals surface area contributed by atoms with Crippen molar-refractivity contribution in [2.45, 2.75) is 18.8 Å². The summed E-state index contributed by atoms with van der Waals surface area (Å²) in [5, 5.41) is 0. The van der Waals surface area contributed by atoms with Crippen LogP contribution in [0.4, 0.5) is 0 Å². The van der Waals surface area contributed by atoms with Gasteiger partial charge in [-0.2, -0.15) is 0 Å². The van der Waals surface area contributed by atoms with E-state index in [4.69, 9.17) is 11.6 Å². The highest BCUT2D eigenvalue weighted by atomic mass is 35.5. The molecule has 2 nitrogen and oxygen atoms in total. The molecule has 0 bridgehead atoms. The zero-order chi connectivity index (χ0) is 11.4. The van der Waals surface area contributed by atoms with Gasteiger partial charge in [-0.3, -0.25) is 4.79 Å². The highest BCUT2D eigenvalue weighted by Crippen LogP contribution is 2.26. The van der Waals surface area contributed by atoms with Crippen LogP contribution in [0.5, 0.6) is 0 Å². The van der Waals surface area contributed by atoms with Gasteiger partial charge in [0.25, 0.3) is 0 Å². The maximum absolute atomic E-state index is 11.5. The second kappa shape index (κ2) is 5.35. The van der Waals surface area contributed by atoms with Gasteiger partial charge < -0.3 is 4.90 Å². The van der Waals surface area contributed by atoms with Crippen molar-refractivity contribution < 1.29 is 4.79 Å². The van der Waals surface area contributed by atoms with Crippen LogP contribution >= 0.6 is 11.6 Å². The molecule has 0 radical (unpaired) electrons. The fourth-order valence-corrected chi connectivity index (χ4v) is 2.45. The first-order valence-corrected chi connectivity index (χ1v) is 6.23. The Morgan fingerprint density at radius 1 is 1.38 bits per heavy atom. The molecule has 1 atom stereocenters. The van der Waals surface area contributed by atoms with Crippen LogP contribution in [0.15, 0.2) is 30.3 Å². The molecule has 1 amide bonds. The van der Waals surface area contributed by atoms with Crippen molar-refractivity contribution in [3.05, 3.63) is 35.9 Å². The molecule has 1 unspecified atom stereocenters. The molecule has 0 saturated carbocycles. The Morgan fingerprint density at radius 3 is 2.81 bits per heavy atom. The third-order valence-corrected chi connectivity index (χ3v) is 3.39. The molecule has 2 rings (SSSR count). The summed E-state index contributed by atoms with van der Waals surface area (Å²) < 4.78 is 0. The standard InChI is InChI=1S/C13H16ClNO/c14-9-13(16)15-8-4-7-12(10-15)11-5-2-1-3-6-11/h1-3,5-6,12H,4,7-10H2. The van der Waals surface area contributed by atoms with Crippen molar-refractivity contribution >= 4 is 17.5 Å². The number of carbonyl (C=O) groups is 1. The van der Waals surface area contributed by atoms with Gasteiger partial charge in [0.1, 0.15) is 5.88 Å². The zero-order valence-electron chi connectivity index (χ0n) is 9.23. The predicted octanol–water partition coefficient (Wildman–Crippen LogP) is 2.63. The second-order valence-electron chi connectivity index (χ2n) is 4.22. The fraction of sp³-hybridized carbons (Fsp3) is 0.462. The maximum Gasteiger partial charge on any atom is 0.237 e. The van der Waals surface area contributed by atoms with Crippen LogP contribution in [-0.2, 0) is 4.79 Å². The number of likely N-dealkylation sites (tertiary alicyclic amines) is 1. The van der Waals surface area contributed by atoms with Gasteiger partial charge in [0, 0.05) is 19.0 Å². The van der Waals surface area contributed by atoms with E-state index in [0.29, 0.717) is 5.92 Å². The van der Waals surface area contributed by atoms with Crippen LogP contribution in [0.3, 0.4) is 0 Å². The zero-order valence-corrected chi connectivity index (χ0v) is 9.99. The van der Waals surface area contributed by atoms with Gasteiger partial charge in [0.2, 0.25) is 5.91 Å². The number of piperidine rings is 1. The molecular weight excluding hydrogens is 222 g/mol. The summed E-state index contributed by atoms with van der Waals surface area (Å²) >= 11 is 5.59. The van der Waals surface area contributed by atoms with Gasteiger partial charge in [-0.1, -0.05) is 30.3 Å². The molecule has 0 aromatic heterocycles. The van der Waals surface area contributed by atoms with Crippen molar-refractivity contribution in [1.82, 2.24) is 4.90 Å². The Kier molecular flexibility index (Phi) is 3.83. The molecule has 0 aliphatic carbocycles. The Balaban J connectivity index is 2.05. The van der Waals surface area contributed by atoms with Gasteiger partial charge in [-0.15, -0.1) is 11.6 Å². The average molecular weight is 238 g/mol. The summed E-state index contributed by atoms with van der Waals surface area (Å²) in [4.78, 5) is 13.4. The number of amides is 1. The quantitative estimate of drug-likeness (QED) is 0.725. The molecule has 1 aromatic rings. The minimum Gasteiger partial charge on any atom is -0.341 e. The molecule has 0 N–H and O–H groups in total. The average Bonchev–Trinajstić information content (AvgIpc) is 2.39. The molecule has 0 spiro atoms. The largest absolute Gasteiger partial charge is 0.341 e. The van der Waals surface area contributed by atoms with E-state index in [1.54, 1.807) is 0 Å². The lowest BCUT2D eigenvalue weighted by molar-refractivity contribution is -0.129. The topological polar surface area (TPSA) is 20.3 Å². The number of hydrogen-bond donors (Lipinski definition) is 0. The van der Waals surface area contributed by atoms with Gasteiger partial charge in [0.15, 0.2) is 0 Å². The van der Waals surface area contributed by atoms with Crippen molar-refractivity contribution in [2.24, 2.45) is 0 Å². The molecule has 1 saturated heterocycles. The molecule has 1 aliphatic rings. The Morgan fingerprint density at radius 2 is 2.12 bits per heavy atom. The third kappa shape index (κ3) is 2.56. The first-order valence-electron chi connectivity index (χ1n) is 5.70. The minimum absolute atomic E-state index is 0.0577. The van der Waals surface area contributed by atoms with Crippen molar-refractivity contribution in [3.8, 4) is 0 Å². The van der Waals surface area contributed by atoms with Crippen LogP contribution in [0.25, 0.3) is 0 Å². The fourth-order valence-electron chi connectivity index (χ4n) is 2.29. The minimum atomic E-state index is 0.0577. The van der Waals surface area contributed by atoms with Crippen LogP contribution in [0.1, 0.15) is 24.3 Å². The van der Waals surface area contributed by atoms with E-state index in [1.165, 1.54) is 5.56 Å². The van der Waals surface area contributed by atoms with Gasteiger partial charge in [-0.25, -0.2) is 0 Å². The van der Waals surface area contributed by atoms with E-state index in [1.807, 2.05) is 11.0 Å². The number of carbonyl (C=O) groups excluding carboxylic acids is 1. The molecule has 1 fully saturated rings. The molecule has 1 aliphatic heterocycles. The van der Waals surface area contributed by atoms with Crippen molar-refractivity contribution in [2.75, 3.05) is 19.0 Å². The van der Waals surface area contributed by atoms with E-state index in [-0.39, 0.29) is 11.8 Å². The number of halogens is 1. The smallest absolute Gasteiger partial charge is 0.237 e. The Labute approximate surface area is 101 Å². The monoisotopic (exact) mass is 237 g/mol. The number of alkyl halides is 1. The van der Waals surface area contributed by atoms with Crippen LogP contribution in [0.2, 0.25) is 0 Å². The number of rotatable bonds is 2. The van der Waals surface area contributed by atoms with Gasteiger partial charge in [0.05, 0.1) is 0 Å². The summed E-state index contributed by atoms with van der Waals surface area (Å²) in [5.74, 6) is 0.631. The van der Waals surface area contributed by atoms with E-state index in [9.17, 15) is 4.79 Å². The summed E-state index contributed by atoms with van der Waals surface area (Å²) in [6.07, 6.45) is 2.23. The number of benzene rings is 1. The Bertz CT molecular complexity index is 352. The Hall–Kier alpha value is -1.02. The van der Waals surface area contributed by atoms with Crippen molar-refractivity contribution in [1.29, 1.82) is 0 Å². The third-order valence-electron chi connectivity index (χ3n) is 3.16. The second-order valence-corrected chi connectivity index (χ2v) is 4.49. The first-order chi connectivity index (χ1) is 7.81. The van der Waals surface area contributed by atoms with Crippen molar-refractivity contribution in [3.63, 3.8) is 0 Å². The number of nitrogens with zero attached hydrogens (tertiary/aromatic N) is 1. The summed E-state index contributed by atoms with van der Waals surface area (Å²) in [6.45, 7) is 1.67. The first kappa shape index (κ1) is 11.5. The predicted molar refractivity (Wildman–Crippen MR) is 65.7 cm³/mol. The van der Waals surface area contributed by atoms with Crippen LogP contribution in [-0.4, -0.2) is 29.8 Å². The lowest BCUT2D eigenvalue weighted by atomic mass is 9.91. The number of hydrogen-bond acceptors (Lipinski definition) is 1. The SMILES string of the molecule is O=C(CCl)N1CCCC(c2ccccc2)C1. The highest BCUT2D eigenvalue weighted by molar-refractivity contribution is 6.27. The van der Waals surface area contributed by atoms with E-state index < -0.39 is 0 Å². The normalized spacial score (nSPS) is 20.8. The van der Waals surface area contributed by atoms with E-state index >= 15 is 0 Å². The molecule has 16 heavy (non-hydrogen) atoms. The van der Waals surface area contributed by atoms with Gasteiger partial charge in [-0.05, 0) is 18.4 Å². The molecule has 1 heterocycles.